The van der Waals surface area contributed by atoms with E-state index in [1.807, 2.05) is 27.7 Å². The summed E-state index contributed by atoms with van der Waals surface area (Å²) in [5.74, 6) is 0.681. The molecule has 0 spiro atoms. The highest BCUT2D eigenvalue weighted by molar-refractivity contribution is 5.78. The summed E-state index contributed by atoms with van der Waals surface area (Å²) in [4.78, 5) is 22.4. The number of carbonyl (C=O) groups excluding carboxylic acids is 2. The highest BCUT2D eigenvalue weighted by Gasteiger charge is 2.18. The van der Waals surface area contributed by atoms with Gasteiger partial charge in [0.15, 0.2) is 0 Å². The standard InChI is InChI=1S/2C9H17NO/c2*1-7(2)9(11)10-8-5-3-4-6-8/h2*7-8H,3-6H2,1-2H3,(H,10,11). The Morgan fingerprint density at radius 1 is 0.682 bits per heavy atom. The monoisotopic (exact) mass is 310 g/mol. The van der Waals surface area contributed by atoms with Crippen LogP contribution in [0.2, 0.25) is 0 Å². The third kappa shape index (κ3) is 7.28. The Morgan fingerprint density at radius 3 is 1.18 bits per heavy atom. The molecule has 0 aromatic rings. The lowest BCUT2D eigenvalue weighted by Gasteiger charge is -2.13. The Labute approximate surface area is 135 Å². The molecule has 4 heteroatoms. The highest BCUT2D eigenvalue weighted by Crippen LogP contribution is 2.18. The first-order chi connectivity index (χ1) is 10.4. The number of rotatable bonds is 4. The Kier molecular flexibility index (Phi) is 8.51. The lowest BCUT2D eigenvalue weighted by molar-refractivity contribution is -0.125. The van der Waals surface area contributed by atoms with Crippen molar-refractivity contribution in [3.05, 3.63) is 0 Å². The molecule has 2 aliphatic carbocycles. The van der Waals surface area contributed by atoms with E-state index in [4.69, 9.17) is 0 Å². The summed E-state index contributed by atoms with van der Waals surface area (Å²) in [6.07, 6.45) is 9.84. The molecule has 2 aliphatic rings. The third-order valence-corrected chi connectivity index (χ3v) is 4.45. The Morgan fingerprint density at radius 2 is 0.955 bits per heavy atom. The minimum absolute atomic E-state index is 0.135. The third-order valence-electron chi connectivity index (χ3n) is 4.45. The van der Waals surface area contributed by atoms with Gasteiger partial charge in [0, 0.05) is 23.9 Å². The summed E-state index contributed by atoms with van der Waals surface area (Å²) in [6, 6.07) is 0.954. The molecular formula is C18H34N2O2. The van der Waals surface area contributed by atoms with Crippen molar-refractivity contribution in [2.24, 2.45) is 11.8 Å². The van der Waals surface area contributed by atoms with Crippen LogP contribution < -0.4 is 10.6 Å². The fourth-order valence-corrected chi connectivity index (χ4v) is 2.88. The molecule has 22 heavy (non-hydrogen) atoms. The Balaban J connectivity index is 0.000000220. The quantitative estimate of drug-likeness (QED) is 0.836. The Bertz CT molecular complexity index is 307. The van der Waals surface area contributed by atoms with Crippen LogP contribution in [-0.4, -0.2) is 23.9 Å². The van der Waals surface area contributed by atoms with Crippen LogP contribution in [0.4, 0.5) is 0 Å². The van der Waals surface area contributed by atoms with E-state index < -0.39 is 0 Å². The van der Waals surface area contributed by atoms with Gasteiger partial charge in [0.25, 0.3) is 0 Å². The molecule has 4 nitrogen and oxygen atoms in total. The fraction of sp³-hybridized carbons (Fsp3) is 0.889. The number of amides is 2. The smallest absolute Gasteiger partial charge is 0.222 e. The SMILES string of the molecule is CC(C)C(=O)NC1CCCC1.CC(C)C(=O)NC1CCCC1. The summed E-state index contributed by atoms with van der Waals surface area (Å²) >= 11 is 0. The second-order valence-corrected chi connectivity index (χ2v) is 7.29. The molecule has 2 amide bonds. The molecule has 0 radical (unpaired) electrons. The lowest BCUT2D eigenvalue weighted by Crippen LogP contribution is -2.35. The summed E-state index contributed by atoms with van der Waals surface area (Å²) in [5.41, 5.74) is 0. The second-order valence-electron chi connectivity index (χ2n) is 7.29. The van der Waals surface area contributed by atoms with Gasteiger partial charge in [-0.1, -0.05) is 53.4 Å². The van der Waals surface area contributed by atoms with E-state index in [1.165, 1.54) is 51.4 Å². The van der Waals surface area contributed by atoms with Gasteiger partial charge in [-0.25, -0.2) is 0 Å². The summed E-state index contributed by atoms with van der Waals surface area (Å²) in [5, 5.41) is 6.08. The van der Waals surface area contributed by atoms with Crippen LogP contribution in [0.25, 0.3) is 0 Å². The zero-order valence-electron chi connectivity index (χ0n) is 14.8. The average molecular weight is 310 g/mol. The van der Waals surface area contributed by atoms with Gasteiger partial charge in [-0.15, -0.1) is 0 Å². The molecule has 0 aliphatic heterocycles. The van der Waals surface area contributed by atoms with E-state index in [9.17, 15) is 9.59 Å². The van der Waals surface area contributed by atoms with Crippen LogP contribution in [0.15, 0.2) is 0 Å². The number of carbonyl (C=O) groups is 2. The number of nitrogens with one attached hydrogen (secondary N) is 2. The van der Waals surface area contributed by atoms with E-state index in [0.717, 1.165) is 0 Å². The largest absolute Gasteiger partial charge is 0.353 e. The van der Waals surface area contributed by atoms with Crippen LogP contribution in [-0.2, 0) is 9.59 Å². The molecule has 2 N–H and O–H groups in total. The van der Waals surface area contributed by atoms with Gasteiger partial charge in [-0.3, -0.25) is 9.59 Å². The maximum atomic E-state index is 11.2. The molecule has 0 aromatic carbocycles. The topological polar surface area (TPSA) is 58.2 Å². The molecule has 2 rings (SSSR count). The van der Waals surface area contributed by atoms with E-state index in [0.29, 0.717) is 12.1 Å². The maximum Gasteiger partial charge on any atom is 0.222 e. The summed E-state index contributed by atoms with van der Waals surface area (Å²) < 4.78 is 0. The normalized spacial score (nSPS) is 19.2. The lowest BCUT2D eigenvalue weighted by atomic mass is 10.2. The first-order valence-corrected chi connectivity index (χ1v) is 9.01. The van der Waals surface area contributed by atoms with Crippen molar-refractivity contribution in [2.45, 2.75) is 91.1 Å². The molecule has 128 valence electrons. The molecule has 2 saturated carbocycles. The van der Waals surface area contributed by atoms with Crippen molar-refractivity contribution in [3.63, 3.8) is 0 Å². The van der Waals surface area contributed by atoms with E-state index >= 15 is 0 Å². The second kappa shape index (κ2) is 9.86. The van der Waals surface area contributed by atoms with Crippen LogP contribution in [0, 0.1) is 11.8 Å². The zero-order chi connectivity index (χ0) is 16.5. The van der Waals surface area contributed by atoms with Crippen LogP contribution in [0.3, 0.4) is 0 Å². The Hall–Kier alpha value is -1.06. The van der Waals surface area contributed by atoms with Crippen molar-refractivity contribution in [3.8, 4) is 0 Å². The van der Waals surface area contributed by atoms with Gasteiger partial charge >= 0.3 is 0 Å². The van der Waals surface area contributed by atoms with Crippen molar-refractivity contribution in [2.75, 3.05) is 0 Å². The zero-order valence-corrected chi connectivity index (χ0v) is 14.8. The predicted molar refractivity (Wildman–Crippen MR) is 90.5 cm³/mol. The molecule has 0 unspecified atom stereocenters. The van der Waals surface area contributed by atoms with Crippen molar-refractivity contribution >= 4 is 11.8 Å². The molecule has 0 bridgehead atoms. The predicted octanol–water partition coefficient (Wildman–Crippen LogP) is 3.40. The minimum Gasteiger partial charge on any atom is -0.353 e. The van der Waals surface area contributed by atoms with E-state index in [1.54, 1.807) is 0 Å². The summed E-state index contributed by atoms with van der Waals surface area (Å²) in [6.45, 7) is 7.74. The van der Waals surface area contributed by atoms with Gasteiger partial charge in [0.2, 0.25) is 11.8 Å². The first kappa shape index (κ1) is 19.0. The molecule has 0 heterocycles. The molecule has 0 atom stereocenters. The van der Waals surface area contributed by atoms with E-state index in [-0.39, 0.29) is 23.7 Å². The number of hydrogen-bond acceptors (Lipinski definition) is 2. The van der Waals surface area contributed by atoms with Gasteiger partial charge < -0.3 is 10.6 Å². The fourth-order valence-electron chi connectivity index (χ4n) is 2.88. The van der Waals surface area contributed by atoms with Gasteiger partial charge in [0.1, 0.15) is 0 Å². The van der Waals surface area contributed by atoms with Crippen molar-refractivity contribution in [1.82, 2.24) is 10.6 Å². The molecule has 2 fully saturated rings. The number of hydrogen-bond donors (Lipinski definition) is 2. The molecular weight excluding hydrogens is 276 g/mol. The average Bonchev–Trinajstić information content (AvgIpc) is 3.12. The highest BCUT2D eigenvalue weighted by atomic mass is 16.2. The van der Waals surface area contributed by atoms with Crippen LogP contribution in [0.1, 0.15) is 79.1 Å². The van der Waals surface area contributed by atoms with Gasteiger partial charge in [-0.05, 0) is 25.7 Å². The van der Waals surface area contributed by atoms with E-state index in [2.05, 4.69) is 10.6 Å². The van der Waals surface area contributed by atoms with Crippen LogP contribution >= 0.6 is 0 Å². The van der Waals surface area contributed by atoms with Crippen molar-refractivity contribution < 1.29 is 9.59 Å². The van der Waals surface area contributed by atoms with Crippen molar-refractivity contribution in [1.29, 1.82) is 0 Å². The maximum absolute atomic E-state index is 11.2. The first-order valence-electron chi connectivity index (χ1n) is 9.01. The van der Waals surface area contributed by atoms with Gasteiger partial charge in [0.05, 0.1) is 0 Å². The van der Waals surface area contributed by atoms with Gasteiger partial charge in [-0.2, -0.15) is 0 Å². The molecule has 0 aromatic heterocycles. The minimum atomic E-state index is 0.135. The molecule has 0 saturated heterocycles. The summed E-state index contributed by atoms with van der Waals surface area (Å²) in [7, 11) is 0. The van der Waals surface area contributed by atoms with Crippen LogP contribution in [0.5, 0.6) is 0 Å².